The molecule has 1 aromatic carbocycles. The van der Waals surface area contributed by atoms with Gasteiger partial charge >= 0.3 is 0 Å². The molecule has 0 unspecified atom stereocenters. The van der Waals surface area contributed by atoms with Gasteiger partial charge < -0.3 is 19.3 Å². The number of anilines is 1. The van der Waals surface area contributed by atoms with E-state index in [1.807, 2.05) is 18.2 Å². The molecule has 0 radical (unpaired) electrons. The second kappa shape index (κ2) is 6.66. The number of benzene rings is 1. The first-order valence-electron chi connectivity index (χ1n) is 6.92. The molecule has 0 bridgehead atoms. The van der Waals surface area contributed by atoms with E-state index in [0.717, 1.165) is 16.0 Å². The van der Waals surface area contributed by atoms with Crippen molar-refractivity contribution in [3.05, 3.63) is 30.0 Å². The van der Waals surface area contributed by atoms with Crippen molar-refractivity contribution in [1.29, 1.82) is 0 Å². The van der Waals surface area contributed by atoms with E-state index in [-0.39, 0.29) is 12.3 Å². The molecule has 0 aliphatic rings. The zero-order chi connectivity index (χ0) is 16.2. The fraction of sp³-hybridized carbons (Fsp3) is 0.267. The van der Waals surface area contributed by atoms with Crippen LogP contribution >= 0.6 is 11.3 Å². The Morgan fingerprint density at radius 3 is 2.91 bits per heavy atom. The summed E-state index contributed by atoms with van der Waals surface area (Å²) in [4.78, 5) is 16.4. The second-order valence-corrected chi connectivity index (χ2v) is 5.77. The fourth-order valence-electron chi connectivity index (χ4n) is 2.01. The van der Waals surface area contributed by atoms with Crippen molar-refractivity contribution in [2.75, 3.05) is 19.5 Å². The van der Waals surface area contributed by atoms with Crippen LogP contribution in [0, 0.1) is 0 Å². The highest BCUT2D eigenvalue weighted by Crippen LogP contribution is 2.29. The molecule has 120 valence electrons. The van der Waals surface area contributed by atoms with Crippen LogP contribution in [0.15, 0.2) is 28.8 Å². The average Bonchev–Trinajstić information content (AvgIpc) is 3.17. The Kier molecular flexibility index (Phi) is 4.42. The maximum atomic E-state index is 12.0. The van der Waals surface area contributed by atoms with Gasteiger partial charge in [-0.2, -0.15) is 0 Å². The van der Waals surface area contributed by atoms with Gasteiger partial charge in [-0.1, -0.05) is 11.3 Å². The lowest BCUT2D eigenvalue weighted by atomic mass is 10.2. The first-order chi connectivity index (χ1) is 11.2. The molecule has 3 aromatic rings. The minimum Gasteiger partial charge on any atom is -0.497 e. The summed E-state index contributed by atoms with van der Waals surface area (Å²) in [5, 5.41) is 7.05. The third-order valence-electron chi connectivity index (χ3n) is 3.19. The monoisotopic (exact) mass is 333 g/mol. The summed E-state index contributed by atoms with van der Waals surface area (Å²) < 4.78 is 16.1. The van der Waals surface area contributed by atoms with Gasteiger partial charge in [0.15, 0.2) is 5.13 Å². The van der Waals surface area contributed by atoms with Crippen LogP contribution in [0.25, 0.3) is 10.2 Å². The maximum absolute atomic E-state index is 12.0. The number of aromatic nitrogens is 2. The van der Waals surface area contributed by atoms with E-state index in [1.165, 1.54) is 18.4 Å². The van der Waals surface area contributed by atoms with Crippen LogP contribution in [0.4, 0.5) is 5.13 Å². The van der Waals surface area contributed by atoms with Crippen LogP contribution < -0.4 is 14.8 Å². The first kappa shape index (κ1) is 15.3. The van der Waals surface area contributed by atoms with Crippen molar-refractivity contribution in [2.24, 2.45) is 0 Å². The molecule has 0 saturated heterocycles. The average molecular weight is 333 g/mol. The lowest BCUT2D eigenvalue weighted by molar-refractivity contribution is -0.116. The van der Waals surface area contributed by atoms with Gasteiger partial charge in [0.05, 0.1) is 24.4 Å². The normalized spacial score (nSPS) is 10.7. The molecule has 0 fully saturated rings. The SMILES string of the molecule is COc1ccc2nc(NC(=O)CCc3cc(OC)no3)sc2c1. The fourth-order valence-corrected chi connectivity index (χ4v) is 2.92. The Balaban J connectivity index is 1.60. The Hall–Kier alpha value is -2.61. The number of fused-ring (bicyclic) bond motifs is 1. The van der Waals surface area contributed by atoms with Crippen LogP contribution in [0.5, 0.6) is 11.6 Å². The maximum Gasteiger partial charge on any atom is 0.254 e. The van der Waals surface area contributed by atoms with E-state index in [0.29, 0.717) is 23.2 Å². The van der Waals surface area contributed by atoms with E-state index >= 15 is 0 Å². The number of hydrogen-bond donors (Lipinski definition) is 1. The molecule has 8 heteroatoms. The molecule has 0 atom stereocenters. The number of nitrogens with one attached hydrogen (secondary N) is 1. The third-order valence-corrected chi connectivity index (χ3v) is 4.12. The highest BCUT2D eigenvalue weighted by molar-refractivity contribution is 7.22. The van der Waals surface area contributed by atoms with Crippen molar-refractivity contribution in [3.63, 3.8) is 0 Å². The Bertz CT molecular complexity index is 827. The molecular weight excluding hydrogens is 318 g/mol. The summed E-state index contributed by atoms with van der Waals surface area (Å²) >= 11 is 1.41. The molecule has 0 aliphatic heterocycles. The predicted molar refractivity (Wildman–Crippen MR) is 86.2 cm³/mol. The first-order valence-corrected chi connectivity index (χ1v) is 7.73. The largest absolute Gasteiger partial charge is 0.497 e. The van der Waals surface area contributed by atoms with Crippen LogP contribution in [-0.2, 0) is 11.2 Å². The molecular formula is C15H15N3O4S. The molecule has 1 amide bonds. The number of nitrogens with zero attached hydrogens (tertiary/aromatic N) is 2. The molecule has 0 saturated carbocycles. The molecule has 0 spiro atoms. The Morgan fingerprint density at radius 2 is 2.17 bits per heavy atom. The van der Waals surface area contributed by atoms with Crippen molar-refractivity contribution in [2.45, 2.75) is 12.8 Å². The highest BCUT2D eigenvalue weighted by atomic mass is 32.1. The zero-order valence-corrected chi connectivity index (χ0v) is 13.5. The van der Waals surface area contributed by atoms with Crippen LogP contribution in [0.2, 0.25) is 0 Å². The number of carbonyl (C=O) groups excluding carboxylic acids is 1. The summed E-state index contributed by atoms with van der Waals surface area (Å²) in [5.41, 5.74) is 0.825. The summed E-state index contributed by atoms with van der Waals surface area (Å²) in [6, 6.07) is 7.26. The lowest BCUT2D eigenvalue weighted by Gasteiger charge is -1.98. The number of rotatable bonds is 6. The van der Waals surface area contributed by atoms with E-state index in [1.54, 1.807) is 13.2 Å². The molecule has 1 N–H and O–H groups in total. The minimum absolute atomic E-state index is 0.133. The van der Waals surface area contributed by atoms with Gasteiger partial charge in [-0.3, -0.25) is 4.79 Å². The highest BCUT2D eigenvalue weighted by Gasteiger charge is 2.11. The number of hydrogen-bond acceptors (Lipinski definition) is 7. The lowest BCUT2D eigenvalue weighted by Crippen LogP contribution is -2.11. The number of methoxy groups -OCH3 is 2. The number of carbonyl (C=O) groups is 1. The standard InChI is InChI=1S/C15H15N3O4S/c1-20-9-3-5-11-12(7-9)23-15(16-11)17-13(19)6-4-10-8-14(21-2)18-22-10/h3,5,7-8H,4,6H2,1-2H3,(H,16,17,19). The van der Waals surface area contributed by atoms with Crippen LogP contribution in [0.1, 0.15) is 12.2 Å². The number of amides is 1. The molecule has 7 nitrogen and oxygen atoms in total. The van der Waals surface area contributed by atoms with Gasteiger partial charge in [-0.25, -0.2) is 4.98 Å². The van der Waals surface area contributed by atoms with E-state index in [4.69, 9.17) is 14.0 Å². The summed E-state index contributed by atoms with van der Waals surface area (Å²) in [6.07, 6.45) is 0.721. The Morgan fingerprint density at radius 1 is 1.30 bits per heavy atom. The summed E-state index contributed by atoms with van der Waals surface area (Å²) in [5.74, 6) is 1.64. The zero-order valence-electron chi connectivity index (χ0n) is 12.7. The van der Waals surface area contributed by atoms with Gasteiger partial charge in [-0.05, 0) is 23.4 Å². The van der Waals surface area contributed by atoms with Crippen molar-refractivity contribution >= 4 is 32.6 Å². The molecule has 0 aliphatic carbocycles. The topological polar surface area (TPSA) is 86.5 Å². The van der Waals surface area contributed by atoms with Gasteiger partial charge in [0, 0.05) is 18.9 Å². The number of thiazole rings is 1. The second-order valence-electron chi connectivity index (χ2n) is 4.74. The smallest absolute Gasteiger partial charge is 0.254 e. The molecule has 23 heavy (non-hydrogen) atoms. The van der Waals surface area contributed by atoms with Gasteiger partial charge in [0.25, 0.3) is 5.88 Å². The Labute approximate surface area is 136 Å². The van der Waals surface area contributed by atoms with Gasteiger partial charge in [0.1, 0.15) is 11.5 Å². The molecule has 3 rings (SSSR count). The van der Waals surface area contributed by atoms with E-state index in [2.05, 4.69) is 15.5 Å². The van der Waals surface area contributed by atoms with Crippen molar-refractivity contribution in [1.82, 2.24) is 10.1 Å². The number of aryl methyl sites for hydroxylation is 1. The van der Waals surface area contributed by atoms with E-state index in [9.17, 15) is 4.79 Å². The van der Waals surface area contributed by atoms with Crippen LogP contribution in [0.3, 0.4) is 0 Å². The predicted octanol–water partition coefficient (Wildman–Crippen LogP) is 2.87. The third kappa shape index (κ3) is 3.59. The van der Waals surface area contributed by atoms with Gasteiger partial charge in [-0.15, -0.1) is 0 Å². The van der Waals surface area contributed by atoms with Crippen LogP contribution in [-0.4, -0.2) is 30.3 Å². The van der Waals surface area contributed by atoms with Crippen molar-refractivity contribution in [3.8, 4) is 11.6 Å². The van der Waals surface area contributed by atoms with E-state index < -0.39 is 0 Å². The quantitative estimate of drug-likeness (QED) is 0.746. The van der Waals surface area contributed by atoms with Crippen molar-refractivity contribution < 1.29 is 18.8 Å². The minimum atomic E-state index is -0.133. The summed E-state index contributed by atoms with van der Waals surface area (Å²) in [6.45, 7) is 0. The number of ether oxygens (including phenoxy) is 2. The van der Waals surface area contributed by atoms with Gasteiger partial charge in [0.2, 0.25) is 5.91 Å². The molecule has 2 aromatic heterocycles. The molecule has 2 heterocycles. The summed E-state index contributed by atoms with van der Waals surface area (Å²) in [7, 11) is 3.12.